The number of aliphatic hydroxyl groups excluding tert-OH is 2. The lowest BCUT2D eigenvalue weighted by Gasteiger charge is -2.35. The molecular formula is C33H34O4. The molecule has 2 N–H and O–H groups in total. The van der Waals surface area contributed by atoms with Crippen molar-refractivity contribution in [1.29, 1.82) is 0 Å². The van der Waals surface area contributed by atoms with Gasteiger partial charge in [-0.2, -0.15) is 0 Å². The highest BCUT2D eigenvalue weighted by Crippen LogP contribution is 2.57. The van der Waals surface area contributed by atoms with E-state index in [2.05, 4.69) is 100 Å². The number of fused-ring (bicyclic) bond motifs is 3. The molecule has 0 spiro atoms. The van der Waals surface area contributed by atoms with Crippen LogP contribution in [0.3, 0.4) is 0 Å². The van der Waals surface area contributed by atoms with Gasteiger partial charge in [-0.1, -0.05) is 72.8 Å². The van der Waals surface area contributed by atoms with E-state index in [4.69, 9.17) is 9.47 Å². The first-order valence-electron chi connectivity index (χ1n) is 12.8. The quantitative estimate of drug-likeness (QED) is 0.277. The molecule has 0 aliphatic heterocycles. The molecule has 4 aromatic carbocycles. The third kappa shape index (κ3) is 4.01. The van der Waals surface area contributed by atoms with Crippen LogP contribution in [-0.4, -0.2) is 36.6 Å². The molecular weight excluding hydrogens is 460 g/mol. The van der Waals surface area contributed by atoms with Crippen molar-refractivity contribution in [3.8, 4) is 22.6 Å². The average molecular weight is 495 g/mol. The molecule has 0 bridgehead atoms. The van der Waals surface area contributed by atoms with Crippen LogP contribution in [0.1, 0.15) is 44.5 Å². The third-order valence-electron chi connectivity index (χ3n) is 7.41. The summed E-state index contributed by atoms with van der Waals surface area (Å²) in [5.74, 6) is 1.65. The van der Waals surface area contributed by atoms with Gasteiger partial charge in [-0.15, -0.1) is 0 Å². The number of rotatable bonds is 8. The van der Waals surface area contributed by atoms with Crippen molar-refractivity contribution in [2.75, 3.05) is 26.4 Å². The highest BCUT2D eigenvalue weighted by Gasteiger charge is 2.46. The predicted molar refractivity (Wildman–Crippen MR) is 148 cm³/mol. The lowest BCUT2D eigenvalue weighted by molar-refractivity contribution is 0.200. The van der Waals surface area contributed by atoms with E-state index < -0.39 is 5.41 Å². The summed E-state index contributed by atoms with van der Waals surface area (Å²) in [7, 11) is 0. The molecule has 190 valence electrons. The van der Waals surface area contributed by atoms with Crippen molar-refractivity contribution in [2.24, 2.45) is 0 Å². The van der Waals surface area contributed by atoms with Crippen molar-refractivity contribution >= 4 is 0 Å². The minimum atomic E-state index is -0.525. The molecule has 4 nitrogen and oxygen atoms in total. The summed E-state index contributed by atoms with van der Waals surface area (Å²) in [5, 5.41) is 18.6. The molecule has 4 heteroatoms. The summed E-state index contributed by atoms with van der Waals surface area (Å²) in [5.41, 5.74) is 11.0. The Bertz CT molecular complexity index is 1300. The smallest absolute Gasteiger partial charge is 0.125 e. The number of aliphatic hydroxyl groups is 2. The molecule has 0 radical (unpaired) electrons. The Labute approximate surface area is 219 Å². The summed E-state index contributed by atoms with van der Waals surface area (Å²) < 4.78 is 11.8. The predicted octanol–water partition coefficient (Wildman–Crippen LogP) is 6.03. The molecule has 0 atom stereocenters. The Kier molecular flexibility index (Phi) is 6.80. The molecule has 0 heterocycles. The van der Waals surface area contributed by atoms with E-state index in [-0.39, 0.29) is 26.4 Å². The van der Waals surface area contributed by atoms with Crippen molar-refractivity contribution < 1.29 is 19.7 Å². The number of hydrogen-bond acceptors (Lipinski definition) is 4. The van der Waals surface area contributed by atoms with Crippen molar-refractivity contribution in [3.63, 3.8) is 0 Å². The second-order valence-corrected chi connectivity index (χ2v) is 9.86. The maximum absolute atomic E-state index is 9.32. The Hall–Kier alpha value is -3.60. The van der Waals surface area contributed by atoms with Gasteiger partial charge in [0.2, 0.25) is 0 Å². The van der Waals surface area contributed by atoms with Crippen LogP contribution in [0.2, 0.25) is 0 Å². The van der Waals surface area contributed by atoms with Crippen LogP contribution >= 0.6 is 0 Å². The molecule has 5 rings (SSSR count). The van der Waals surface area contributed by atoms with Gasteiger partial charge in [0.25, 0.3) is 0 Å². The number of ether oxygens (including phenoxy) is 2. The van der Waals surface area contributed by atoms with Gasteiger partial charge in [0.1, 0.15) is 24.7 Å². The fraction of sp³-hybridized carbons (Fsp3) is 0.273. The number of hydrogen-bond donors (Lipinski definition) is 2. The molecule has 1 aliphatic carbocycles. The second kappa shape index (κ2) is 10.0. The fourth-order valence-corrected chi connectivity index (χ4v) is 6.11. The standard InChI is InChI=1S/C33H34O4/c1-21-17-25(18-22(2)31(21)36-15-13-34)33(26-19-23(3)32(24(4)20-26)37-16-14-35)29-11-7-5-9-27(29)28-10-6-8-12-30(28)33/h5-12,17-20,34-35H,13-16H2,1-4H3. The topological polar surface area (TPSA) is 58.9 Å². The van der Waals surface area contributed by atoms with E-state index in [1.165, 1.54) is 33.4 Å². The van der Waals surface area contributed by atoms with Gasteiger partial charge in [0.15, 0.2) is 0 Å². The van der Waals surface area contributed by atoms with Gasteiger partial charge in [0, 0.05) is 0 Å². The zero-order chi connectivity index (χ0) is 26.2. The van der Waals surface area contributed by atoms with E-state index in [0.717, 1.165) is 33.8 Å². The summed E-state index contributed by atoms with van der Waals surface area (Å²) >= 11 is 0. The van der Waals surface area contributed by atoms with Crippen LogP contribution in [0.15, 0.2) is 72.8 Å². The Morgan fingerprint density at radius 3 is 1.27 bits per heavy atom. The maximum Gasteiger partial charge on any atom is 0.125 e. The van der Waals surface area contributed by atoms with Crippen LogP contribution in [0.4, 0.5) is 0 Å². The highest BCUT2D eigenvalue weighted by molar-refractivity contribution is 5.86. The van der Waals surface area contributed by atoms with Crippen molar-refractivity contribution in [3.05, 3.63) is 117 Å². The van der Waals surface area contributed by atoms with Crippen LogP contribution in [0.25, 0.3) is 11.1 Å². The molecule has 0 aromatic heterocycles. The average Bonchev–Trinajstić information content (AvgIpc) is 3.19. The van der Waals surface area contributed by atoms with E-state index in [9.17, 15) is 10.2 Å². The Morgan fingerprint density at radius 1 is 0.568 bits per heavy atom. The Balaban J connectivity index is 1.85. The van der Waals surface area contributed by atoms with Gasteiger partial charge >= 0.3 is 0 Å². The molecule has 4 aromatic rings. The molecule has 0 amide bonds. The Morgan fingerprint density at radius 2 is 0.919 bits per heavy atom. The number of aryl methyl sites for hydroxylation is 4. The molecule has 1 aliphatic rings. The van der Waals surface area contributed by atoms with Crippen molar-refractivity contribution in [2.45, 2.75) is 33.1 Å². The zero-order valence-corrected chi connectivity index (χ0v) is 22.0. The fourth-order valence-electron chi connectivity index (χ4n) is 6.11. The normalized spacial score (nSPS) is 13.2. The molecule has 0 unspecified atom stereocenters. The first-order valence-corrected chi connectivity index (χ1v) is 12.8. The zero-order valence-electron chi connectivity index (χ0n) is 22.0. The summed E-state index contributed by atoms with van der Waals surface area (Å²) in [6.45, 7) is 8.80. The van der Waals surface area contributed by atoms with Gasteiger partial charge in [0.05, 0.1) is 18.6 Å². The maximum atomic E-state index is 9.32. The molecule has 37 heavy (non-hydrogen) atoms. The van der Waals surface area contributed by atoms with Crippen LogP contribution in [0.5, 0.6) is 11.5 Å². The van der Waals surface area contributed by atoms with Gasteiger partial charge in [-0.3, -0.25) is 0 Å². The van der Waals surface area contributed by atoms with Gasteiger partial charge < -0.3 is 19.7 Å². The van der Waals surface area contributed by atoms with Gasteiger partial charge in [-0.25, -0.2) is 0 Å². The van der Waals surface area contributed by atoms with Crippen LogP contribution in [-0.2, 0) is 5.41 Å². The number of benzene rings is 4. The summed E-state index contributed by atoms with van der Waals surface area (Å²) in [6, 6.07) is 26.3. The van der Waals surface area contributed by atoms with E-state index >= 15 is 0 Å². The SMILES string of the molecule is Cc1cc(C2(c3cc(C)c(OCCO)c(C)c3)c3ccccc3-c3ccccc32)cc(C)c1OCCO. The third-order valence-corrected chi connectivity index (χ3v) is 7.41. The minimum absolute atomic E-state index is 0.0193. The first-order chi connectivity index (χ1) is 17.9. The van der Waals surface area contributed by atoms with E-state index in [0.29, 0.717) is 0 Å². The first kappa shape index (κ1) is 25.1. The highest BCUT2D eigenvalue weighted by atomic mass is 16.5. The van der Waals surface area contributed by atoms with Crippen LogP contribution < -0.4 is 9.47 Å². The minimum Gasteiger partial charge on any atom is -0.491 e. The van der Waals surface area contributed by atoms with E-state index in [1.54, 1.807) is 0 Å². The largest absolute Gasteiger partial charge is 0.491 e. The lowest BCUT2D eigenvalue weighted by atomic mass is 9.66. The molecule has 0 fully saturated rings. The summed E-state index contributed by atoms with van der Waals surface area (Å²) in [4.78, 5) is 0. The van der Waals surface area contributed by atoms with Gasteiger partial charge in [-0.05, 0) is 83.3 Å². The molecule has 0 saturated carbocycles. The monoisotopic (exact) mass is 494 g/mol. The van der Waals surface area contributed by atoms with Crippen LogP contribution in [0, 0.1) is 27.7 Å². The van der Waals surface area contributed by atoms with Crippen molar-refractivity contribution in [1.82, 2.24) is 0 Å². The second-order valence-electron chi connectivity index (χ2n) is 9.86. The van der Waals surface area contributed by atoms with E-state index in [1.807, 2.05) is 0 Å². The lowest BCUT2D eigenvalue weighted by Crippen LogP contribution is -2.29. The molecule has 0 saturated heterocycles. The summed E-state index contributed by atoms with van der Waals surface area (Å²) in [6.07, 6.45) is 0.